The second kappa shape index (κ2) is 6.15. The molecule has 0 aromatic carbocycles. The van der Waals surface area contributed by atoms with Gasteiger partial charge in [-0.1, -0.05) is 0 Å². The highest BCUT2D eigenvalue weighted by Gasteiger charge is 2.03. The van der Waals surface area contributed by atoms with Crippen molar-refractivity contribution in [3.63, 3.8) is 0 Å². The maximum absolute atomic E-state index is 9.39. The summed E-state index contributed by atoms with van der Waals surface area (Å²) in [6.07, 6.45) is 1.10. The molecule has 0 saturated heterocycles. The Kier molecular flexibility index (Phi) is 4.79. The number of anilines is 2. The summed E-state index contributed by atoms with van der Waals surface area (Å²) in [6.45, 7) is 0.699. The second-order valence-corrected chi connectivity index (χ2v) is 3.01. The van der Waals surface area contributed by atoms with Gasteiger partial charge in [0.05, 0.1) is 12.7 Å². The molecule has 0 radical (unpaired) electrons. The fraction of sp³-hybridized carbons (Fsp3) is 0.556. The minimum atomic E-state index is -0.539. The van der Waals surface area contributed by atoms with Gasteiger partial charge in [0.25, 0.3) is 0 Å². The van der Waals surface area contributed by atoms with Gasteiger partial charge in [0, 0.05) is 26.9 Å². The van der Waals surface area contributed by atoms with Crippen LogP contribution in [0.3, 0.4) is 0 Å². The zero-order chi connectivity index (χ0) is 11.1. The zero-order valence-corrected chi connectivity index (χ0v) is 8.90. The van der Waals surface area contributed by atoms with E-state index in [9.17, 15) is 5.11 Å². The second-order valence-electron chi connectivity index (χ2n) is 3.01. The van der Waals surface area contributed by atoms with Crippen LogP contribution in [-0.4, -0.2) is 48.5 Å². The predicted octanol–water partition coefficient (Wildman–Crippen LogP) is -0.0625. The van der Waals surface area contributed by atoms with Crippen molar-refractivity contribution in [1.29, 1.82) is 0 Å². The van der Waals surface area contributed by atoms with Crippen LogP contribution < -0.4 is 10.6 Å². The SMILES string of the molecule is CNc1nccc(NCC(O)COC)n1. The topological polar surface area (TPSA) is 79.3 Å². The first kappa shape index (κ1) is 11.7. The summed E-state index contributed by atoms with van der Waals surface area (Å²) in [5.41, 5.74) is 0. The third-order valence-electron chi connectivity index (χ3n) is 1.76. The Bertz CT molecular complexity index is 295. The zero-order valence-electron chi connectivity index (χ0n) is 8.90. The molecule has 1 unspecified atom stereocenters. The van der Waals surface area contributed by atoms with Gasteiger partial charge in [0.15, 0.2) is 0 Å². The number of aliphatic hydroxyl groups is 1. The van der Waals surface area contributed by atoms with Crippen molar-refractivity contribution in [3.05, 3.63) is 12.3 Å². The Balaban J connectivity index is 2.43. The first-order valence-electron chi connectivity index (χ1n) is 4.68. The lowest BCUT2D eigenvalue weighted by molar-refractivity contribution is 0.0727. The largest absolute Gasteiger partial charge is 0.389 e. The number of aliphatic hydroxyl groups excluding tert-OH is 1. The molecule has 0 bridgehead atoms. The van der Waals surface area contributed by atoms with Crippen molar-refractivity contribution >= 4 is 11.8 Å². The fourth-order valence-electron chi connectivity index (χ4n) is 1.05. The van der Waals surface area contributed by atoms with Crippen LogP contribution in [0.4, 0.5) is 11.8 Å². The van der Waals surface area contributed by atoms with Crippen molar-refractivity contribution in [2.75, 3.05) is 37.9 Å². The molecule has 0 aliphatic heterocycles. The molecule has 1 aromatic rings. The third kappa shape index (κ3) is 4.09. The van der Waals surface area contributed by atoms with Crippen LogP contribution in [0.5, 0.6) is 0 Å². The van der Waals surface area contributed by atoms with Crippen LogP contribution in [0.1, 0.15) is 0 Å². The molecule has 6 heteroatoms. The van der Waals surface area contributed by atoms with E-state index in [-0.39, 0.29) is 0 Å². The smallest absolute Gasteiger partial charge is 0.224 e. The maximum Gasteiger partial charge on any atom is 0.224 e. The molecule has 3 N–H and O–H groups in total. The molecule has 0 amide bonds. The summed E-state index contributed by atoms with van der Waals surface area (Å²) in [7, 11) is 3.30. The molecule has 1 rings (SSSR count). The average molecular weight is 212 g/mol. The van der Waals surface area contributed by atoms with E-state index >= 15 is 0 Å². The molecule has 1 aromatic heterocycles. The molecule has 0 fully saturated rings. The summed E-state index contributed by atoms with van der Waals surface area (Å²) >= 11 is 0. The maximum atomic E-state index is 9.39. The first-order valence-corrected chi connectivity index (χ1v) is 4.68. The van der Waals surface area contributed by atoms with Crippen molar-refractivity contribution in [1.82, 2.24) is 9.97 Å². The van der Waals surface area contributed by atoms with Gasteiger partial charge < -0.3 is 20.5 Å². The lowest BCUT2D eigenvalue weighted by Crippen LogP contribution is -2.24. The standard InChI is InChI=1S/C9H16N4O2/c1-10-9-11-4-3-8(13-9)12-5-7(14)6-15-2/h3-4,7,14H,5-6H2,1-2H3,(H2,10,11,12,13). The predicted molar refractivity (Wildman–Crippen MR) is 58.0 cm³/mol. The van der Waals surface area contributed by atoms with Crippen LogP contribution in [0.2, 0.25) is 0 Å². The highest BCUT2D eigenvalue weighted by atomic mass is 16.5. The van der Waals surface area contributed by atoms with Crippen LogP contribution in [0, 0.1) is 0 Å². The molecule has 1 heterocycles. The number of rotatable bonds is 6. The molecule has 0 saturated carbocycles. The Morgan fingerprint density at radius 2 is 2.40 bits per heavy atom. The van der Waals surface area contributed by atoms with Crippen molar-refractivity contribution < 1.29 is 9.84 Å². The summed E-state index contributed by atoms with van der Waals surface area (Å²) in [4.78, 5) is 8.11. The fourth-order valence-corrected chi connectivity index (χ4v) is 1.05. The molecule has 0 aliphatic carbocycles. The van der Waals surface area contributed by atoms with E-state index < -0.39 is 6.10 Å². The Labute approximate surface area is 88.7 Å². The van der Waals surface area contributed by atoms with Crippen LogP contribution >= 0.6 is 0 Å². The molecule has 0 spiro atoms. The van der Waals surface area contributed by atoms with Crippen LogP contribution in [-0.2, 0) is 4.74 Å². The normalized spacial score (nSPS) is 12.2. The minimum Gasteiger partial charge on any atom is -0.389 e. The number of aromatic nitrogens is 2. The summed E-state index contributed by atoms with van der Waals surface area (Å²) in [5, 5.41) is 15.2. The highest BCUT2D eigenvalue weighted by molar-refractivity contribution is 5.39. The molecule has 1 atom stereocenters. The number of ether oxygens (including phenoxy) is 1. The van der Waals surface area contributed by atoms with E-state index in [1.165, 1.54) is 0 Å². The minimum absolute atomic E-state index is 0.303. The van der Waals surface area contributed by atoms with Crippen LogP contribution in [0.25, 0.3) is 0 Å². The van der Waals surface area contributed by atoms with Gasteiger partial charge >= 0.3 is 0 Å². The Morgan fingerprint density at radius 3 is 3.07 bits per heavy atom. The van der Waals surface area contributed by atoms with E-state index in [1.807, 2.05) is 0 Å². The quantitative estimate of drug-likeness (QED) is 0.613. The van der Waals surface area contributed by atoms with Crippen molar-refractivity contribution in [2.45, 2.75) is 6.10 Å². The van der Waals surface area contributed by atoms with Gasteiger partial charge in [0.2, 0.25) is 5.95 Å². The Morgan fingerprint density at radius 1 is 1.60 bits per heavy atom. The monoisotopic (exact) mass is 212 g/mol. The van der Waals surface area contributed by atoms with Crippen molar-refractivity contribution in [2.24, 2.45) is 0 Å². The number of nitrogens with one attached hydrogen (secondary N) is 2. The number of hydrogen-bond acceptors (Lipinski definition) is 6. The van der Waals surface area contributed by atoms with Gasteiger partial charge in [-0.25, -0.2) is 4.98 Å². The third-order valence-corrected chi connectivity index (χ3v) is 1.76. The van der Waals surface area contributed by atoms with Gasteiger partial charge in [-0.2, -0.15) is 4.98 Å². The highest BCUT2D eigenvalue weighted by Crippen LogP contribution is 2.04. The summed E-state index contributed by atoms with van der Waals surface area (Å²) in [5.74, 6) is 1.21. The van der Waals surface area contributed by atoms with Gasteiger partial charge in [0.1, 0.15) is 5.82 Å². The lowest BCUT2D eigenvalue weighted by Gasteiger charge is -2.11. The molecule has 84 valence electrons. The van der Waals surface area contributed by atoms with E-state index in [4.69, 9.17) is 4.74 Å². The summed E-state index contributed by atoms with van der Waals surface area (Å²) < 4.78 is 4.80. The molecule has 15 heavy (non-hydrogen) atoms. The average Bonchev–Trinajstić information content (AvgIpc) is 2.27. The molecular weight excluding hydrogens is 196 g/mol. The van der Waals surface area contributed by atoms with E-state index in [0.717, 1.165) is 0 Å². The first-order chi connectivity index (χ1) is 7.26. The number of nitrogens with zero attached hydrogens (tertiary/aromatic N) is 2. The molecule has 0 aliphatic rings. The van der Waals surface area contributed by atoms with E-state index in [0.29, 0.717) is 24.9 Å². The lowest BCUT2D eigenvalue weighted by atomic mass is 10.4. The number of hydrogen-bond donors (Lipinski definition) is 3. The molecular formula is C9H16N4O2. The van der Waals surface area contributed by atoms with Gasteiger partial charge in [-0.15, -0.1) is 0 Å². The Hall–Kier alpha value is -1.40. The molecule has 6 nitrogen and oxygen atoms in total. The van der Waals surface area contributed by atoms with E-state index in [2.05, 4.69) is 20.6 Å². The van der Waals surface area contributed by atoms with Crippen LogP contribution in [0.15, 0.2) is 12.3 Å². The van der Waals surface area contributed by atoms with E-state index in [1.54, 1.807) is 26.4 Å². The van der Waals surface area contributed by atoms with Gasteiger partial charge in [-0.3, -0.25) is 0 Å². The summed E-state index contributed by atoms with van der Waals surface area (Å²) in [6, 6.07) is 1.74. The van der Waals surface area contributed by atoms with Crippen molar-refractivity contribution in [3.8, 4) is 0 Å². The number of methoxy groups -OCH3 is 1. The van der Waals surface area contributed by atoms with Gasteiger partial charge in [-0.05, 0) is 6.07 Å².